The van der Waals surface area contributed by atoms with Crippen molar-refractivity contribution < 1.29 is 19.7 Å². The number of fused-ring (bicyclic) bond motifs is 1. The third-order valence-electron chi connectivity index (χ3n) is 2.75. The van der Waals surface area contributed by atoms with E-state index in [-0.39, 0.29) is 5.75 Å². The molecule has 1 atom stereocenters. The summed E-state index contributed by atoms with van der Waals surface area (Å²) >= 11 is 0. The van der Waals surface area contributed by atoms with Crippen molar-refractivity contribution in [2.24, 2.45) is 0 Å². The summed E-state index contributed by atoms with van der Waals surface area (Å²) in [5, 5.41) is 18.5. The minimum Gasteiger partial charge on any atom is -0.508 e. The van der Waals surface area contributed by atoms with Gasteiger partial charge in [-0.2, -0.15) is 0 Å². The molecule has 0 amide bonds. The van der Waals surface area contributed by atoms with E-state index in [0.717, 1.165) is 0 Å². The predicted octanol–water partition coefficient (Wildman–Crippen LogP) is 2.12. The Balaban J connectivity index is 2.51. The van der Waals surface area contributed by atoms with Crippen LogP contribution in [0.2, 0.25) is 0 Å². The molecule has 1 aromatic carbocycles. The highest BCUT2D eigenvalue weighted by Gasteiger charge is 2.37. The highest BCUT2D eigenvalue weighted by molar-refractivity contribution is 5.78. The number of carbonyl (C=O) groups is 1. The maximum atomic E-state index is 11.2. The fraction of sp³-hybridized carbons (Fsp3) is 0.417. The molecule has 1 aromatic rings. The first kappa shape index (κ1) is 10.8. The van der Waals surface area contributed by atoms with Gasteiger partial charge in [0.05, 0.1) is 5.92 Å². The van der Waals surface area contributed by atoms with Crippen molar-refractivity contribution in [1.29, 1.82) is 0 Å². The molecule has 0 saturated carbocycles. The Kier molecular flexibility index (Phi) is 2.30. The van der Waals surface area contributed by atoms with Crippen molar-refractivity contribution in [2.75, 3.05) is 0 Å². The van der Waals surface area contributed by atoms with Gasteiger partial charge in [0.15, 0.2) is 0 Å². The molecule has 2 N–H and O–H groups in total. The number of benzene rings is 1. The number of phenols is 1. The van der Waals surface area contributed by atoms with Crippen LogP contribution in [-0.2, 0) is 4.79 Å². The lowest BCUT2D eigenvalue weighted by molar-refractivity contribution is -0.140. The van der Waals surface area contributed by atoms with Crippen molar-refractivity contribution in [3.63, 3.8) is 0 Å². The molecule has 0 bridgehead atoms. The Morgan fingerprint density at radius 2 is 2.19 bits per heavy atom. The fourth-order valence-corrected chi connectivity index (χ4v) is 2.06. The van der Waals surface area contributed by atoms with Gasteiger partial charge in [0.25, 0.3) is 0 Å². The number of hydrogen-bond acceptors (Lipinski definition) is 3. The van der Waals surface area contributed by atoms with Crippen LogP contribution in [0.3, 0.4) is 0 Å². The van der Waals surface area contributed by atoms with Crippen molar-refractivity contribution in [2.45, 2.75) is 31.8 Å². The first-order valence-electron chi connectivity index (χ1n) is 5.14. The second-order valence-corrected chi connectivity index (χ2v) is 4.68. The van der Waals surface area contributed by atoms with Crippen LogP contribution in [0.5, 0.6) is 11.5 Å². The maximum Gasteiger partial charge on any atom is 0.311 e. The van der Waals surface area contributed by atoms with Crippen LogP contribution in [0.15, 0.2) is 18.2 Å². The number of hydrogen-bond donors (Lipinski definition) is 2. The summed E-state index contributed by atoms with van der Waals surface area (Å²) in [6.45, 7) is 3.72. The lowest BCUT2D eigenvalue weighted by Crippen LogP contribution is -2.37. The van der Waals surface area contributed by atoms with Crippen molar-refractivity contribution in [3.8, 4) is 11.5 Å². The Morgan fingerprint density at radius 3 is 2.81 bits per heavy atom. The van der Waals surface area contributed by atoms with Gasteiger partial charge in [0, 0.05) is 12.0 Å². The first-order chi connectivity index (χ1) is 7.39. The minimum absolute atomic E-state index is 0.0632. The Bertz CT molecular complexity index is 437. The summed E-state index contributed by atoms with van der Waals surface area (Å²) in [6, 6.07) is 4.57. The summed E-state index contributed by atoms with van der Waals surface area (Å²) < 4.78 is 5.68. The van der Waals surface area contributed by atoms with Gasteiger partial charge >= 0.3 is 5.97 Å². The van der Waals surface area contributed by atoms with Gasteiger partial charge in [-0.3, -0.25) is 4.79 Å². The predicted molar refractivity (Wildman–Crippen MR) is 57.8 cm³/mol. The summed E-state index contributed by atoms with van der Waals surface area (Å²) in [6.07, 6.45) is 0.402. The minimum atomic E-state index is -0.886. The number of phenolic OH excluding ortho intramolecular Hbond substituents is 1. The number of aliphatic carboxylic acids is 1. The number of carboxylic acids is 1. The SMILES string of the molecule is CC1(C)CC(C(=O)O)c2cc(O)ccc2O1. The van der Waals surface area contributed by atoms with Crippen LogP contribution in [0.4, 0.5) is 0 Å². The van der Waals surface area contributed by atoms with Crippen LogP contribution in [0.1, 0.15) is 31.7 Å². The Labute approximate surface area is 93.5 Å². The molecule has 2 rings (SSSR count). The fourth-order valence-electron chi connectivity index (χ4n) is 2.06. The van der Waals surface area contributed by atoms with Crippen LogP contribution in [0.25, 0.3) is 0 Å². The Morgan fingerprint density at radius 1 is 1.50 bits per heavy atom. The summed E-state index contributed by atoms with van der Waals surface area (Å²) in [7, 11) is 0. The van der Waals surface area contributed by atoms with Gasteiger partial charge in [-0.25, -0.2) is 0 Å². The molecule has 0 saturated heterocycles. The van der Waals surface area contributed by atoms with Crippen molar-refractivity contribution in [3.05, 3.63) is 23.8 Å². The van der Waals surface area contributed by atoms with E-state index in [9.17, 15) is 15.0 Å². The summed E-state index contributed by atoms with van der Waals surface area (Å²) in [5.41, 5.74) is 0.0550. The molecule has 0 fully saturated rings. The second-order valence-electron chi connectivity index (χ2n) is 4.68. The molecular weight excluding hydrogens is 208 g/mol. The standard InChI is InChI=1S/C12H14O4/c1-12(2)6-9(11(14)15)8-5-7(13)3-4-10(8)16-12/h3-5,9,13H,6H2,1-2H3,(H,14,15). The zero-order valence-corrected chi connectivity index (χ0v) is 9.23. The van der Waals surface area contributed by atoms with E-state index in [0.29, 0.717) is 17.7 Å². The molecule has 4 heteroatoms. The molecule has 0 radical (unpaired) electrons. The molecule has 0 aliphatic carbocycles. The van der Waals surface area contributed by atoms with Crippen molar-refractivity contribution in [1.82, 2.24) is 0 Å². The van der Waals surface area contributed by atoms with Crippen LogP contribution < -0.4 is 4.74 Å². The molecule has 0 aromatic heterocycles. The van der Waals surface area contributed by atoms with Crippen LogP contribution in [-0.4, -0.2) is 21.8 Å². The summed E-state index contributed by atoms with van der Waals surface area (Å²) in [4.78, 5) is 11.2. The van der Waals surface area contributed by atoms with E-state index in [1.54, 1.807) is 6.07 Å². The molecular formula is C12H14O4. The zero-order chi connectivity index (χ0) is 11.9. The van der Waals surface area contributed by atoms with E-state index >= 15 is 0 Å². The third-order valence-corrected chi connectivity index (χ3v) is 2.75. The smallest absolute Gasteiger partial charge is 0.311 e. The number of ether oxygens (including phenoxy) is 1. The number of rotatable bonds is 1. The quantitative estimate of drug-likeness (QED) is 0.763. The molecule has 1 heterocycles. The normalized spacial score (nSPS) is 22.0. The van der Waals surface area contributed by atoms with Crippen molar-refractivity contribution >= 4 is 5.97 Å². The lowest BCUT2D eigenvalue weighted by atomic mass is 9.84. The molecule has 1 unspecified atom stereocenters. The van der Waals surface area contributed by atoms with Gasteiger partial charge in [0.2, 0.25) is 0 Å². The molecule has 86 valence electrons. The monoisotopic (exact) mass is 222 g/mol. The van der Waals surface area contributed by atoms with E-state index < -0.39 is 17.5 Å². The third kappa shape index (κ3) is 1.83. The van der Waals surface area contributed by atoms with E-state index in [4.69, 9.17) is 4.74 Å². The van der Waals surface area contributed by atoms with Gasteiger partial charge in [-0.15, -0.1) is 0 Å². The largest absolute Gasteiger partial charge is 0.508 e. The lowest BCUT2D eigenvalue weighted by Gasteiger charge is -2.35. The number of aromatic hydroxyl groups is 1. The second kappa shape index (κ2) is 3.40. The van der Waals surface area contributed by atoms with Gasteiger partial charge in [0.1, 0.15) is 17.1 Å². The highest BCUT2D eigenvalue weighted by Crippen LogP contribution is 2.42. The molecule has 0 spiro atoms. The maximum absolute atomic E-state index is 11.2. The molecule has 16 heavy (non-hydrogen) atoms. The van der Waals surface area contributed by atoms with Crippen LogP contribution >= 0.6 is 0 Å². The van der Waals surface area contributed by atoms with Gasteiger partial charge in [-0.05, 0) is 32.0 Å². The average Bonchev–Trinajstić information content (AvgIpc) is 2.16. The van der Waals surface area contributed by atoms with E-state index in [1.807, 2.05) is 13.8 Å². The molecule has 1 aliphatic rings. The molecule has 1 aliphatic heterocycles. The average molecular weight is 222 g/mol. The van der Waals surface area contributed by atoms with Gasteiger partial charge < -0.3 is 14.9 Å². The summed E-state index contributed by atoms with van der Waals surface area (Å²) in [5.74, 6) is -0.899. The van der Waals surface area contributed by atoms with E-state index in [1.165, 1.54) is 12.1 Å². The zero-order valence-electron chi connectivity index (χ0n) is 9.23. The molecule has 4 nitrogen and oxygen atoms in total. The highest BCUT2D eigenvalue weighted by atomic mass is 16.5. The van der Waals surface area contributed by atoms with Crippen LogP contribution in [0, 0.1) is 0 Å². The first-order valence-corrected chi connectivity index (χ1v) is 5.14. The Hall–Kier alpha value is -1.71. The number of carboxylic acid groups (broad SMARTS) is 1. The van der Waals surface area contributed by atoms with E-state index in [2.05, 4.69) is 0 Å². The van der Waals surface area contributed by atoms with Gasteiger partial charge in [-0.1, -0.05) is 0 Å². The topological polar surface area (TPSA) is 66.8 Å².